The number of nitrogens with one attached hydrogen (secondary N) is 1. The summed E-state index contributed by atoms with van der Waals surface area (Å²) in [6, 6.07) is 14.3. The molecule has 3 aromatic rings. The Morgan fingerprint density at radius 3 is 2.43 bits per heavy atom. The largest absolute Gasteiger partial charge is 0.497 e. The first-order valence-corrected chi connectivity index (χ1v) is 9.89. The molecular formula is C23H24N4O3. The molecule has 2 aromatic carbocycles. The lowest BCUT2D eigenvalue weighted by Gasteiger charge is -2.20. The predicted molar refractivity (Wildman–Crippen MR) is 114 cm³/mol. The number of hydrogen-bond acceptors (Lipinski definition) is 4. The van der Waals surface area contributed by atoms with E-state index >= 15 is 0 Å². The van der Waals surface area contributed by atoms with Crippen LogP contribution in [0.15, 0.2) is 60.9 Å². The second-order valence-corrected chi connectivity index (χ2v) is 7.27. The fraction of sp³-hybridized carbons (Fsp3) is 0.261. The molecule has 0 aliphatic carbocycles. The topological polar surface area (TPSA) is 76.5 Å². The van der Waals surface area contributed by atoms with E-state index in [1.807, 2.05) is 54.2 Å². The van der Waals surface area contributed by atoms with Gasteiger partial charge in [-0.15, -0.1) is 0 Å². The van der Waals surface area contributed by atoms with Gasteiger partial charge in [0.15, 0.2) is 0 Å². The molecule has 1 fully saturated rings. The minimum atomic E-state index is -0.414. The van der Waals surface area contributed by atoms with Crippen LogP contribution in [0.3, 0.4) is 0 Å². The SMILES string of the molecule is COc1ccc([C@@H](NC(=O)c2ccc(N3CCCC3=O)cc2)c2nccn2C)cc1. The highest BCUT2D eigenvalue weighted by atomic mass is 16.5. The number of nitrogens with zero attached hydrogens (tertiary/aromatic N) is 3. The number of rotatable bonds is 6. The van der Waals surface area contributed by atoms with Gasteiger partial charge in [-0.3, -0.25) is 9.59 Å². The number of imidazole rings is 1. The van der Waals surface area contributed by atoms with Gasteiger partial charge in [0.1, 0.15) is 17.6 Å². The maximum absolute atomic E-state index is 13.0. The van der Waals surface area contributed by atoms with Crippen molar-refractivity contribution in [2.45, 2.75) is 18.9 Å². The molecule has 0 bridgehead atoms. The van der Waals surface area contributed by atoms with Crippen LogP contribution < -0.4 is 15.0 Å². The molecule has 0 saturated carbocycles. The Morgan fingerprint density at radius 2 is 1.87 bits per heavy atom. The van der Waals surface area contributed by atoms with Gasteiger partial charge in [0.25, 0.3) is 5.91 Å². The highest BCUT2D eigenvalue weighted by molar-refractivity contribution is 5.97. The standard InChI is InChI=1S/C23H24N4O3/c1-26-15-13-24-22(26)21(16-7-11-19(30-2)12-8-16)25-23(29)17-5-9-18(10-6-17)27-14-3-4-20(27)28/h5-13,15,21H,3-4,14H2,1-2H3,(H,25,29)/t21-/m1/s1. The number of methoxy groups -OCH3 is 1. The zero-order valence-corrected chi connectivity index (χ0v) is 17.0. The van der Waals surface area contributed by atoms with E-state index in [-0.39, 0.29) is 11.8 Å². The van der Waals surface area contributed by atoms with E-state index in [2.05, 4.69) is 10.3 Å². The Bertz CT molecular complexity index is 1040. The summed E-state index contributed by atoms with van der Waals surface area (Å²) in [6.45, 7) is 0.725. The molecule has 2 amide bonds. The van der Waals surface area contributed by atoms with Gasteiger partial charge in [-0.1, -0.05) is 12.1 Å². The van der Waals surface area contributed by atoms with Gasteiger partial charge in [-0.2, -0.15) is 0 Å². The summed E-state index contributed by atoms with van der Waals surface area (Å²) in [6.07, 6.45) is 5.00. The van der Waals surface area contributed by atoms with Crippen molar-refractivity contribution in [3.05, 3.63) is 77.9 Å². The van der Waals surface area contributed by atoms with Crippen LogP contribution in [-0.2, 0) is 11.8 Å². The summed E-state index contributed by atoms with van der Waals surface area (Å²) < 4.78 is 7.12. The first-order valence-electron chi connectivity index (χ1n) is 9.89. The lowest BCUT2D eigenvalue weighted by atomic mass is 10.0. The first kappa shape index (κ1) is 19.7. The number of aryl methyl sites for hydroxylation is 1. The smallest absolute Gasteiger partial charge is 0.252 e. The van der Waals surface area contributed by atoms with Gasteiger partial charge >= 0.3 is 0 Å². The molecule has 30 heavy (non-hydrogen) atoms. The van der Waals surface area contributed by atoms with Gasteiger partial charge in [-0.25, -0.2) is 4.98 Å². The van der Waals surface area contributed by atoms with Crippen molar-refractivity contribution < 1.29 is 14.3 Å². The van der Waals surface area contributed by atoms with Crippen LogP contribution >= 0.6 is 0 Å². The third kappa shape index (κ3) is 3.91. The molecular weight excluding hydrogens is 380 g/mol. The first-order chi connectivity index (χ1) is 14.6. The van der Waals surface area contributed by atoms with Crippen molar-refractivity contribution in [2.75, 3.05) is 18.6 Å². The monoisotopic (exact) mass is 404 g/mol. The molecule has 1 atom stereocenters. The number of benzene rings is 2. The fourth-order valence-electron chi connectivity index (χ4n) is 3.68. The number of anilines is 1. The molecule has 4 rings (SSSR count). The van der Waals surface area contributed by atoms with Crippen molar-refractivity contribution in [3.63, 3.8) is 0 Å². The fourth-order valence-corrected chi connectivity index (χ4v) is 3.68. The molecule has 1 N–H and O–H groups in total. The summed E-state index contributed by atoms with van der Waals surface area (Å²) in [4.78, 5) is 31.1. The van der Waals surface area contributed by atoms with Gasteiger partial charge in [0, 0.05) is 43.7 Å². The van der Waals surface area contributed by atoms with Gasteiger partial charge in [0.2, 0.25) is 5.91 Å². The zero-order valence-electron chi connectivity index (χ0n) is 17.0. The van der Waals surface area contributed by atoms with Crippen molar-refractivity contribution in [1.82, 2.24) is 14.9 Å². The molecule has 154 valence electrons. The molecule has 0 unspecified atom stereocenters. The van der Waals surface area contributed by atoms with Crippen LogP contribution in [0.4, 0.5) is 5.69 Å². The van der Waals surface area contributed by atoms with E-state index in [0.29, 0.717) is 12.0 Å². The highest BCUT2D eigenvalue weighted by Gasteiger charge is 2.23. The van der Waals surface area contributed by atoms with Crippen LogP contribution in [0.2, 0.25) is 0 Å². The van der Waals surface area contributed by atoms with Gasteiger partial charge in [-0.05, 0) is 48.4 Å². The van der Waals surface area contributed by atoms with Crippen LogP contribution in [0.1, 0.15) is 40.6 Å². The van der Waals surface area contributed by atoms with Crippen molar-refractivity contribution in [2.24, 2.45) is 7.05 Å². The number of carbonyl (C=O) groups excluding carboxylic acids is 2. The average Bonchev–Trinajstić information content (AvgIpc) is 3.40. The Morgan fingerprint density at radius 1 is 1.13 bits per heavy atom. The maximum Gasteiger partial charge on any atom is 0.252 e. The van der Waals surface area contributed by atoms with Crippen LogP contribution in [0, 0.1) is 0 Å². The van der Waals surface area contributed by atoms with Gasteiger partial charge in [0.05, 0.1) is 7.11 Å². The summed E-state index contributed by atoms with van der Waals surface area (Å²) in [5.74, 6) is 1.39. The highest BCUT2D eigenvalue weighted by Crippen LogP contribution is 2.25. The Hall–Kier alpha value is -3.61. The van der Waals surface area contributed by atoms with Crippen molar-refractivity contribution in [3.8, 4) is 5.75 Å². The molecule has 1 aliphatic heterocycles. The van der Waals surface area contributed by atoms with Crippen LogP contribution in [0.25, 0.3) is 0 Å². The van der Waals surface area contributed by atoms with Crippen LogP contribution in [-0.4, -0.2) is 35.0 Å². The average molecular weight is 404 g/mol. The predicted octanol–water partition coefficient (Wildman–Crippen LogP) is 3.07. The van der Waals surface area contributed by atoms with E-state index in [1.165, 1.54) is 0 Å². The number of carbonyl (C=O) groups is 2. The number of hydrogen-bond donors (Lipinski definition) is 1. The second-order valence-electron chi connectivity index (χ2n) is 7.27. The maximum atomic E-state index is 13.0. The normalized spacial score (nSPS) is 14.6. The molecule has 1 aromatic heterocycles. The quantitative estimate of drug-likeness (QED) is 0.685. The van der Waals surface area contributed by atoms with Crippen LogP contribution in [0.5, 0.6) is 5.75 Å². The number of amides is 2. The minimum Gasteiger partial charge on any atom is -0.497 e. The third-order valence-corrected chi connectivity index (χ3v) is 5.36. The Balaban J connectivity index is 1.57. The van der Waals surface area contributed by atoms with E-state index in [4.69, 9.17) is 4.74 Å². The minimum absolute atomic E-state index is 0.126. The summed E-state index contributed by atoms with van der Waals surface area (Å²) in [7, 11) is 3.51. The van der Waals surface area contributed by atoms with Gasteiger partial charge < -0.3 is 19.5 Å². The summed E-state index contributed by atoms with van der Waals surface area (Å²) in [5.41, 5.74) is 2.25. The van der Waals surface area contributed by atoms with E-state index in [9.17, 15) is 9.59 Å². The molecule has 7 nitrogen and oxygen atoms in total. The Kier molecular flexibility index (Phi) is 5.52. The second kappa shape index (κ2) is 8.41. The Labute approximate surface area is 175 Å². The van der Waals surface area contributed by atoms with Crippen molar-refractivity contribution in [1.29, 1.82) is 0 Å². The number of aromatic nitrogens is 2. The molecule has 7 heteroatoms. The molecule has 1 saturated heterocycles. The number of ether oxygens (including phenoxy) is 1. The zero-order chi connectivity index (χ0) is 21.1. The summed E-state index contributed by atoms with van der Waals surface area (Å²) >= 11 is 0. The lowest BCUT2D eigenvalue weighted by molar-refractivity contribution is -0.117. The lowest BCUT2D eigenvalue weighted by Crippen LogP contribution is -2.31. The molecule has 0 spiro atoms. The summed E-state index contributed by atoms with van der Waals surface area (Å²) in [5, 5.41) is 3.08. The van der Waals surface area contributed by atoms with E-state index < -0.39 is 6.04 Å². The molecule has 2 heterocycles. The van der Waals surface area contributed by atoms with Crippen molar-refractivity contribution >= 4 is 17.5 Å². The van der Waals surface area contributed by atoms with E-state index in [1.54, 1.807) is 30.3 Å². The molecule has 1 aliphatic rings. The molecule has 0 radical (unpaired) electrons. The third-order valence-electron chi connectivity index (χ3n) is 5.36. The van der Waals surface area contributed by atoms with E-state index in [0.717, 1.165) is 35.8 Å².